The third kappa shape index (κ3) is 5.14. The molecule has 0 saturated heterocycles. The van der Waals surface area contributed by atoms with Gasteiger partial charge in [0, 0.05) is 11.1 Å². The van der Waals surface area contributed by atoms with Gasteiger partial charge in [0.2, 0.25) is 11.8 Å². The van der Waals surface area contributed by atoms with Crippen LogP contribution in [0.5, 0.6) is 0 Å². The van der Waals surface area contributed by atoms with Crippen LogP contribution in [-0.4, -0.2) is 9.97 Å². The van der Waals surface area contributed by atoms with Crippen molar-refractivity contribution >= 4 is 43.1 Å². The number of nitrogens with zero attached hydrogens (tertiary/aromatic N) is 2. The second-order valence-electron chi connectivity index (χ2n) is 14.1. The molecular weight excluding hydrogens is 661 g/mol. The van der Waals surface area contributed by atoms with Crippen LogP contribution in [0.1, 0.15) is 31.7 Å². The molecule has 0 amide bonds. The highest BCUT2D eigenvalue weighted by Gasteiger charge is 2.23. The molecule has 10 aromatic rings. The zero-order chi connectivity index (χ0) is 36.2. The summed E-state index contributed by atoms with van der Waals surface area (Å²) >= 11 is 0. The summed E-state index contributed by atoms with van der Waals surface area (Å²) in [5.74, 6) is 1.64. The maximum Gasteiger partial charge on any atom is 0.225 e. The molecule has 0 bridgehead atoms. The Hall–Kier alpha value is -6.78. The number of fused-ring (bicyclic) bond motifs is 4. The zero-order valence-corrected chi connectivity index (χ0v) is 30.1. The summed E-state index contributed by atoms with van der Waals surface area (Å²) in [4.78, 5) is 8.93. The predicted octanol–water partition coefficient (Wildman–Crippen LogP) is 14.1. The first-order chi connectivity index (χ1) is 26.7. The van der Waals surface area contributed by atoms with Gasteiger partial charge >= 0.3 is 0 Å². The maximum absolute atomic E-state index is 5.75. The molecule has 8 aromatic carbocycles. The van der Waals surface area contributed by atoms with E-state index in [9.17, 15) is 0 Å². The number of benzene rings is 8. The molecule has 2 aromatic heterocycles. The number of hydrogen-bond donors (Lipinski definition) is 0. The van der Waals surface area contributed by atoms with E-state index in [4.69, 9.17) is 8.83 Å². The predicted molar refractivity (Wildman–Crippen MR) is 222 cm³/mol. The number of oxazole rings is 2. The molecule has 4 heteroatoms. The molecule has 1 unspecified atom stereocenters. The monoisotopic (exact) mass is 696 g/mol. The Morgan fingerprint density at radius 3 is 1.26 bits per heavy atom. The maximum atomic E-state index is 5.75. The van der Waals surface area contributed by atoms with Crippen molar-refractivity contribution in [2.45, 2.75) is 26.2 Å². The SMILES string of the molecule is CCC(C)c1ccc2c(-c3cccc(-c4ncco4)c3)c3ccccc3c(-c3c4ccccc4c(-c4cccc(-c5ncco5)c4)c4ccccc34)c2c1. The largest absolute Gasteiger partial charge is 0.445 e. The molecule has 0 N–H and O–H groups in total. The first-order valence-corrected chi connectivity index (χ1v) is 18.6. The molecule has 2 heterocycles. The molecule has 54 heavy (non-hydrogen) atoms. The smallest absolute Gasteiger partial charge is 0.225 e. The van der Waals surface area contributed by atoms with Gasteiger partial charge in [0.25, 0.3) is 0 Å². The minimum atomic E-state index is 0.414. The summed E-state index contributed by atoms with van der Waals surface area (Å²) in [6, 6.07) is 51.0. The first-order valence-electron chi connectivity index (χ1n) is 18.6. The van der Waals surface area contributed by atoms with E-state index in [2.05, 4.69) is 163 Å². The minimum Gasteiger partial charge on any atom is -0.445 e. The number of hydrogen-bond acceptors (Lipinski definition) is 4. The Morgan fingerprint density at radius 1 is 0.426 bits per heavy atom. The molecule has 0 saturated carbocycles. The van der Waals surface area contributed by atoms with Crippen molar-refractivity contribution in [3.63, 3.8) is 0 Å². The van der Waals surface area contributed by atoms with Crippen molar-refractivity contribution in [2.24, 2.45) is 0 Å². The summed E-state index contributed by atoms with van der Waals surface area (Å²) in [6.07, 6.45) is 7.71. The standard InChI is InChI=1S/C50H36N2O2/c1-3-31(2)32-22-23-43-44(30-32)48(42-21-9-6-18-39(42)46(43)34-13-11-15-36(29-34)50-52-25-27-54-50)47-40-19-7-4-16-37(40)45(38-17-5-8-20-41(38)47)33-12-10-14-35(28-33)49-51-24-26-53-49/h4-31H,3H2,1-2H3. The third-order valence-corrected chi connectivity index (χ3v) is 11.1. The summed E-state index contributed by atoms with van der Waals surface area (Å²) in [6.45, 7) is 4.60. The molecule has 0 fully saturated rings. The van der Waals surface area contributed by atoms with Gasteiger partial charge < -0.3 is 8.83 Å². The molecule has 0 aliphatic rings. The van der Waals surface area contributed by atoms with Gasteiger partial charge in [0.15, 0.2) is 0 Å². The molecule has 0 aliphatic carbocycles. The fourth-order valence-electron chi connectivity index (χ4n) is 8.37. The highest BCUT2D eigenvalue weighted by atomic mass is 16.3. The highest BCUT2D eigenvalue weighted by Crippen LogP contribution is 2.50. The number of rotatable bonds is 7. The lowest BCUT2D eigenvalue weighted by Crippen LogP contribution is -1.97. The van der Waals surface area contributed by atoms with Crippen LogP contribution in [0.2, 0.25) is 0 Å². The molecule has 0 radical (unpaired) electrons. The lowest BCUT2D eigenvalue weighted by molar-refractivity contribution is 0.574. The summed E-state index contributed by atoms with van der Waals surface area (Å²) in [5, 5.41) is 9.72. The Balaban J connectivity index is 1.34. The van der Waals surface area contributed by atoms with Gasteiger partial charge in [-0.3, -0.25) is 0 Å². The fraction of sp³-hybridized carbons (Fsp3) is 0.0800. The van der Waals surface area contributed by atoms with Crippen molar-refractivity contribution < 1.29 is 8.83 Å². The Bertz CT molecular complexity index is 2940. The van der Waals surface area contributed by atoms with E-state index in [1.54, 1.807) is 24.9 Å². The lowest BCUT2D eigenvalue weighted by atomic mass is 9.80. The molecule has 0 spiro atoms. The van der Waals surface area contributed by atoms with Crippen molar-refractivity contribution in [2.75, 3.05) is 0 Å². The van der Waals surface area contributed by atoms with E-state index in [0.29, 0.717) is 17.7 Å². The van der Waals surface area contributed by atoms with Crippen LogP contribution in [0, 0.1) is 0 Å². The Morgan fingerprint density at radius 2 is 0.833 bits per heavy atom. The average molecular weight is 697 g/mol. The van der Waals surface area contributed by atoms with E-state index in [1.165, 1.54) is 70.9 Å². The molecule has 0 aliphatic heterocycles. The quantitative estimate of drug-likeness (QED) is 0.156. The normalized spacial score (nSPS) is 12.3. The van der Waals surface area contributed by atoms with Gasteiger partial charge in [-0.1, -0.05) is 129 Å². The van der Waals surface area contributed by atoms with Gasteiger partial charge in [0.1, 0.15) is 12.5 Å². The van der Waals surface area contributed by atoms with Crippen molar-refractivity contribution in [3.8, 4) is 56.3 Å². The van der Waals surface area contributed by atoms with Crippen molar-refractivity contribution in [3.05, 3.63) is 170 Å². The molecule has 1 atom stereocenters. The van der Waals surface area contributed by atoms with E-state index < -0.39 is 0 Å². The van der Waals surface area contributed by atoms with Crippen LogP contribution >= 0.6 is 0 Å². The van der Waals surface area contributed by atoms with Crippen LogP contribution in [0.25, 0.3) is 99.4 Å². The van der Waals surface area contributed by atoms with Crippen LogP contribution in [-0.2, 0) is 0 Å². The third-order valence-electron chi connectivity index (χ3n) is 11.1. The van der Waals surface area contributed by atoms with Crippen molar-refractivity contribution in [1.29, 1.82) is 0 Å². The topological polar surface area (TPSA) is 52.1 Å². The molecule has 10 rings (SSSR count). The van der Waals surface area contributed by atoms with E-state index in [1.807, 2.05) is 0 Å². The zero-order valence-electron chi connectivity index (χ0n) is 30.1. The second kappa shape index (κ2) is 13.0. The van der Waals surface area contributed by atoms with Gasteiger partial charge in [-0.25, -0.2) is 9.97 Å². The van der Waals surface area contributed by atoms with Crippen molar-refractivity contribution in [1.82, 2.24) is 9.97 Å². The van der Waals surface area contributed by atoms with Gasteiger partial charge in [0.05, 0.1) is 12.4 Å². The molecule has 4 nitrogen and oxygen atoms in total. The summed E-state index contributed by atoms with van der Waals surface area (Å²) in [7, 11) is 0. The highest BCUT2D eigenvalue weighted by molar-refractivity contribution is 6.30. The molecule has 258 valence electrons. The molecular formula is C50H36N2O2. The Kier molecular flexibility index (Phi) is 7.69. The van der Waals surface area contributed by atoms with Gasteiger partial charge in [-0.05, 0) is 119 Å². The fourth-order valence-corrected chi connectivity index (χ4v) is 8.37. The Labute approximate surface area is 313 Å². The summed E-state index contributed by atoms with van der Waals surface area (Å²) < 4.78 is 11.5. The summed E-state index contributed by atoms with van der Waals surface area (Å²) in [5.41, 5.74) is 10.4. The van der Waals surface area contributed by atoms with E-state index in [0.717, 1.165) is 28.7 Å². The van der Waals surface area contributed by atoms with Gasteiger partial charge in [-0.15, -0.1) is 0 Å². The minimum absolute atomic E-state index is 0.414. The van der Waals surface area contributed by atoms with Crippen LogP contribution < -0.4 is 0 Å². The van der Waals surface area contributed by atoms with Crippen LogP contribution in [0.15, 0.2) is 173 Å². The van der Waals surface area contributed by atoms with Gasteiger partial charge in [-0.2, -0.15) is 0 Å². The first kappa shape index (κ1) is 31.9. The number of aromatic nitrogens is 2. The average Bonchev–Trinajstić information content (AvgIpc) is 3.98. The second-order valence-corrected chi connectivity index (χ2v) is 14.1. The van der Waals surface area contributed by atoms with Crippen LogP contribution in [0.4, 0.5) is 0 Å². The lowest BCUT2D eigenvalue weighted by Gasteiger charge is -2.23. The van der Waals surface area contributed by atoms with Crippen LogP contribution in [0.3, 0.4) is 0 Å². The van der Waals surface area contributed by atoms with E-state index >= 15 is 0 Å². The van der Waals surface area contributed by atoms with E-state index in [-0.39, 0.29) is 0 Å².